The van der Waals surface area contributed by atoms with Crippen LogP contribution in [-0.2, 0) is 0 Å². The van der Waals surface area contributed by atoms with E-state index in [1.54, 1.807) is 6.08 Å². The highest BCUT2D eigenvalue weighted by Gasteiger charge is 1.91. The Morgan fingerprint density at radius 3 is 2.67 bits per heavy atom. The molecule has 1 heteroatoms. The molecule has 0 fully saturated rings. The molecule has 0 aliphatic heterocycles. The molecule has 1 atom stereocenters. The average Bonchev–Trinajstić information content (AvgIpc) is 1.89. The fraction of sp³-hybridized carbons (Fsp3) is 0.500. The monoisotopic (exact) mass is 144 g/mol. The lowest BCUT2D eigenvalue weighted by molar-refractivity contribution is 1.05. The van der Waals surface area contributed by atoms with E-state index in [1.807, 2.05) is 0 Å². The van der Waals surface area contributed by atoms with Crippen LogP contribution in [0.4, 0.5) is 0 Å². The van der Waals surface area contributed by atoms with Crippen LogP contribution in [0.15, 0.2) is 24.8 Å². The third-order valence-corrected chi connectivity index (χ3v) is 1.38. The van der Waals surface area contributed by atoms with E-state index in [0.29, 0.717) is 0 Å². The zero-order valence-corrected chi connectivity index (χ0v) is 6.56. The van der Waals surface area contributed by atoms with Crippen molar-refractivity contribution in [2.75, 3.05) is 0 Å². The standard InChI is InChI=1S/C8H13Cl/c1-3-5-6-7-8(9)4-2/h4-6,8H,2-3,7H2,1H3/b6-5-/t8-/m0/s1. The zero-order chi connectivity index (χ0) is 7.11. The van der Waals surface area contributed by atoms with Gasteiger partial charge in [0, 0.05) is 0 Å². The van der Waals surface area contributed by atoms with Gasteiger partial charge in [-0.2, -0.15) is 0 Å². The van der Waals surface area contributed by atoms with Crippen molar-refractivity contribution < 1.29 is 0 Å². The fourth-order valence-electron chi connectivity index (χ4n) is 0.489. The second-order valence-corrected chi connectivity index (χ2v) is 2.43. The molecule has 0 bridgehead atoms. The van der Waals surface area contributed by atoms with Gasteiger partial charge >= 0.3 is 0 Å². The number of hydrogen-bond donors (Lipinski definition) is 0. The summed E-state index contributed by atoms with van der Waals surface area (Å²) in [6.45, 7) is 5.68. The molecule has 0 aliphatic carbocycles. The Morgan fingerprint density at radius 2 is 2.22 bits per heavy atom. The molecule has 0 amide bonds. The second-order valence-electron chi connectivity index (χ2n) is 1.87. The summed E-state index contributed by atoms with van der Waals surface area (Å²) >= 11 is 5.73. The van der Waals surface area contributed by atoms with E-state index < -0.39 is 0 Å². The van der Waals surface area contributed by atoms with Crippen LogP contribution in [0, 0.1) is 0 Å². The molecule has 0 unspecified atom stereocenters. The molecule has 0 aromatic heterocycles. The Kier molecular flexibility index (Phi) is 5.75. The highest BCUT2D eigenvalue weighted by Crippen LogP contribution is 2.03. The number of allylic oxidation sites excluding steroid dienone is 3. The van der Waals surface area contributed by atoms with Gasteiger partial charge in [-0.15, -0.1) is 18.2 Å². The largest absolute Gasteiger partial charge is 0.118 e. The van der Waals surface area contributed by atoms with Gasteiger partial charge in [-0.25, -0.2) is 0 Å². The van der Waals surface area contributed by atoms with Gasteiger partial charge in [-0.05, 0) is 12.8 Å². The Morgan fingerprint density at radius 1 is 1.56 bits per heavy atom. The summed E-state index contributed by atoms with van der Waals surface area (Å²) < 4.78 is 0. The summed E-state index contributed by atoms with van der Waals surface area (Å²) in [6, 6.07) is 0. The Hall–Kier alpha value is -0.230. The first kappa shape index (κ1) is 8.77. The van der Waals surface area contributed by atoms with Crippen LogP contribution in [0.5, 0.6) is 0 Å². The predicted molar refractivity (Wildman–Crippen MR) is 43.9 cm³/mol. The first-order valence-corrected chi connectivity index (χ1v) is 3.66. The highest BCUT2D eigenvalue weighted by atomic mass is 35.5. The van der Waals surface area contributed by atoms with Gasteiger partial charge in [0.15, 0.2) is 0 Å². The summed E-state index contributed by atoms with van der Waals surface area (Å²) in [5, 5.41) is 0.104. The van der Waals surface area contributed by atoms with Crippen LogP contribution >= 0.6 is 11.6 Å². The van der Waals surface area contributed by atoms with E-state index in [1.165, 1.54) is 0 Å². The summed E-state index contributed by atoms with van der Waals surface area (Å²) in [5.74, 6) is 0. The van der Waals surface area contributed by atoms with E-state index in [9.17, 15) is 0 Å². The topological polar surface area (TPSA) is 0 Å². The van der Waals surface area contributed by atoms with Crippen molar-refractivity contribution in [3.63, 3.8) is 0 Å². The fourth-order valence-corrected chi connectivity index (χ4v) is 0.592. The molecule has 0 saturated heterocycles. The minimum absolute atomic E-state index is 0.104. The Labute approximate surface area is 62.2 Å². The van der Waals surface area contributed by atoms with Gasteiger partial charge in [-0.1, -0.05) is 25.2 Å². The van der Waals surface area contributed by atoms with Crippen molar-refractivity contribution in [1.82, 2.24) is 0 Å². The second kappa shape index (κ2) is 5.90. The number of alkyl halides is 1. The number of halogens is 1. The van der Waals surface area contributed by atoms with Crippen molar-refractivity contribution in [3.8, 4) is 0 Å². The molecule has 0 aliphatic rings. The van der Waals surface area contributed by atoms with E-state index in [2.05, 4.69) is 25.7 Å². The number of hydrogen-bond acceptors (Lipinski definition) is 0. The molecule has 9 heavy (non-hydrogen) atoms. The molecule has 0 aromatic carbocycles. The Balaban J connectivity index is 3.25. The van der Waals surface area contributed by atoms with Crippen LogP contribution in [0.1, 0.15) is 19.8 Å². The predicted octanol–water partition coefficient (Wildman–Crippen LogP) is 3.14. The smallest absolute Gasteiger partial charge is 0.0547 e. The minimum atomic E-state index is 0.104. The molecular formula is C8H13Cl. The van der Waals surface area contributed by atoms with Crippen LogP contribution in [0.3, 0.4) is 0 Å². The molecule has 0 spiro atoms. The van der Waals surface area contributed by atoms with E-state index >= 15 is 0 Å². The van der Waals surface area contributed by atoms with E-state index in [-0.39, 0.29) is 5.38 Å². The first-order valence-electron chi connectivity index (χ1n) is 3.22. The molecule has 52 valence electrons. The van der Waals surface area contributed by atoms with Crippen LogP contribution in [-0.4, -0.2) is 5.38 Å². The quantitative estimate of drug-likeness (QED) is 0.420. The summed E-state index contributed by atoms with van der Waals surface area (Å²) in [7, 11) is 0. The number of rotatable bonds is 4. The maximum Gasteiger partial charge on any atom is 0.0547 e. The van der Waals surface area contributed by atoms with Gasteiger partial charge < -0.3 is 0 Å². The third-order valence-electron chi connectivity index (χ3n) is 1.02. The van der Waals surface area contributed by atoms with Gasteiger partial charge in [0.2, 0.25) is 0 Å². The molecule has 0 aromatic rings. The summed E-state index contributed by atoms with van der Waals surface area (Å²) in [6.07, 6.45) is 7.93. The maximum absolute atomic E-state index is 5.73. The third kappa shape index (κ3) is 5.64. The molecule has 0 radical (unpaired) electrons. The molecule has 0 rings (SSSR count). The van der Waals surface area contributed by atoms with Crippen LogP contribution < -0.4 is 0 Å². The zero-order valence-electron chi connectivity index (χ0n) is 5.81. The van der Waals surface area contributed by atoms with E-state index in [4.69, 9.17) is 11.6 Å². The van der Waals surface area contributed by atoms with Crippen molar-refractivity contribution in [2.24, 2.45) is 0 Å². The van der Waals surface area contributed by atoms with Crippen molar-refractivity contribution >= 4 is 11.6 Å². The van der Waals surface area contributed by atoms with Gasteiger partial charge in [0.1, 0.15) is 0 Å². The molecule has 0 heterocycles. The van der Waals surface area contributed by atoms with Crippen molar-refractivity contribution in [3.05, 3.63) is 24.8 Å². The maximum atomic E-state index is 5.73. The lowest BCUT2D eigenvalue weighted by Gasteiger charge is -1.94. The van der Waals surface area contributed by atoms with E-state index in [0.717, 1.165) is 12.8 Å². The summed E-state index contributed by atoms with van der Waals surface area (Å²) in [5.41, 5.74) is 0. The van der Waals surface area contributed by atoms with Crippen molar-refractivity contribution in [1.29, 1.82) is 0 Å². The molecular weight excluding hydrogens is 132 g/mol. The minimum Gasteiger partial charge on any atom is -0.118 e. The SMILES string of the molecule is C=C[C@H](Cl)C/C=C\CC. The highest BCUT2D eigenvalue weighted by molar-refractivity contribution is 6.21. The van der Waals surface area contributed by atoms with Gasteiger partial charge in [0.25, 0.3) is 0 Å². The van der Waals surface area contributed by atoms with Crippen LogP contribution in [0.25, 0.3) is 0 Å². The average molecular weight is 145 g/mol. The molecule has 0 nitrogen and oxygen atoms in total. The lowest BCUT2D eigenvalue weighted by atomic mass is 10.2. The molecule has 0 N–H and O–H groups in total. The summed E-state index contributed by atoms with van der Waals surface area (Å²) in [4.78, 5) is 0. The van der Waals surface area contributed by atoms with Crippen molar-refractivity contribution in [2.45, 2.75) is 25.1 Å². The normalized spacial score (nSPS) is 14.0. The van der Waals surface area contributed by atoms with Gasteiger partial charge in [0.05, 0.1) is 5.38 Å². The Bertz CT molecular complexity index is 94.7. The molecule has 0 saturated carbocycles. The lowest BCUT2D eigenvalue weighted by Crippen LogP contribution is -1.87. The first-order chi connectivity index (χ1) is 4.31. The van der Waals surface area contributed by atoms with Crippen LogP contribution in [0.2, 0.25) is 0 Å². The van der Waals surface area contributed by atoms with Gasteiger partial charge in [-0.3, -0.25) is 0 Å².